The molecule has 0 radical (unpaired) electrons. The van der Waals surface area contributed by atoms with Crippen LogP contribution in [0, 0.1) is 23.7 Å². The Kier molecular flexibility index (Phi) is 2.84. The number of hydrogen-bond donors (Lipinski definition) is 0. The Labute approximate surface area is 124 Å². The molecule has 0 N–H and O–H groups in total. The Bertz CT molecular complexity index is 631. The highest BCUT2D eigenvalue weighted by Crippen LogP contribution is 2.66. The zero-order chi connectivity index (χ0) is 14.6. The lowest BCUT2D eigenvalue weighted by Crippen LogP contribution is -2.38. The molecule has 110 valence electrons. The Hall–Kier alpha value is -1.77. The van der Waals surface area contributed by atoms with E-state index in [0.717, 1.165) is 22.8 Å². The first-order valence-corrected chi connectivity index (χ1v) is 7.72. The lowest BCUT2D eigenvalue weighted by Gasteiger charge is -2.44. The molecule has 4 atom stereocenters. The second kappa shape index (κ2) is 4.62. The molecule has 3 aliphatic carbocycles. The quantitative estimate of drug-likeness (QED) is 0.799. The number of fused-ring (bicyclic) bond motifs is 5. The summed E-state index contributed by atoms with van der Waals surface area (Å²) in [5, 5.41) is 0. The van der Waals surface area contributed by atoms with Gasteiger partial charge in [-0.15, -0.1) is 0 Å². The van der Waals surface area contributed by atoms with Gasteiger partial charge >= 0.3 is 5.97 Å². The molecule has 1 aromatic carbocycles. The van der Waals surface area contributed by atoms with Crippen molar-refractivity contribution in [1.82, 2.24) is 0 Å². The summed E-state index contributed by atoms with van der Waals surface area (Å²) in [6, 6.07) is 8.02. The van der Waals surface area contributed by atoms with Crippen molar-refractivity contribution in [2.45, 2.75) is 19.3 Å². The zero-order valence-corrected chi connectivity index (χ0v) is 12.5. The first-order valence-electron chi connectivity index (χ1n) is 7.72. The van der Waals surface area contributed by atoms with Gasteiger partial charge in [0.2, 0.25) is 0 Å². The van der Waals surface area contributed by atoms with Crippen molar-refractivity contribution in [3.8, 4) is 5.75 Å². The van der Waals surface area contributed by atoms with E-state index in [9.17, 15) is 4.79 Å². The van der Waals surface area contributed by atoms with Crippen molar-refractivity contribution in [2.75, 3.05) is 14.2 Å². The van der Waals surface area contributed by atoms with Crippen molar-refractivity contribution < 1.29 is 14.3 Å². The number of hydrogen-bond acceptors (Lipinski definition) is 3. The van der Waals surface area contributed by atoms with E-state index in [1.165, 1.54) is 31.9 Å². The highest BCUT2D eigenvalue weighted by Gasteiger charge is 2.59. The van der Waals surface area contributed by atoms with E-state index in [2.05, 4.69) is 6.07 Å². The maximum Gasteiger partial charge on any atom is 0.334 e. The number of esters is 1. The van der Waals surface area contributed by atoms with Crippen LogP contribution >= 0.6 is 0 Å². The average molecular weight is 284 g/mol. The van der Waals surface area contributed by atoms with Gasteiger partial charge < -0.3 is 9.47 Å². The molecule has 3 aliphatic rings. The fourth-order valence-electron chi connectivity index (χ4n) is 4.93. The Morgan fingerprint density at radius 3 is 2.52 bits per heavy atom. The van der Waals surface area contributed by atoms with Crippen LogP contribution in [0.5, 0.6) is 5.75 Å². The van der Waals surface area contributed by atoms with Gasteiger partial charge in [0.1, 0.15) is 5.75 Å². The summed E-state index contributed by atoms with van der Waals surface area (Å²) >= 11 is 0. The van der Waals surface area contributed by atoms with Gasteiger partial charge in [0.05, 0.1) is 14.2 Å². The number of para-hydroxylation sites is 1. The largest absolute Gasteiger partial charge is 0.496 e. The van der Waals surface area contributed by atoms with Crippen molar-refractivity contribution in [1.29, 1.82) is 0 Å². The predicted molar refractivity (Wildman–Crippen MR) is 79.7 cm³/mol. The van der Waals surface area contributed by atoms with Crippen LogP contribution in [-0.4, -0.2) is 20.2 Å². The normalized spacial score (nSPS) is 32.7. The highest BCUT2D eigenvalue weighted by atomic mass is 16.5. The summed E-state index contributed by atoms with van der Waals surface area (Å²) in [5.41, 5.74) is 3.19. The lowest BCUT2D eigenvalue weighted by atomic mass is 9.59. The highest BCUT2D eigenvalue weighted by molar-refractivity contribution is 6.04. The molecule has 1 aromatic rings. The molecular formula is C18H20O3. The molecule has 3 heteroatoms. The van der Waals surface area contributed by atoms with Gasteiger partial charge in [0.25, 0.3) is 0 Å². The molecule has 2 bridgehead atoms. The number of methoxy groups -OCH3 is 2. The summed E-state index contributed by atoms with van der Waals surface area (Å²) < 4.78 is 10.6. The van der Waals surface area contributed by atoms with E-state index in [0.29, 0.717) is 17.8 Å². The summed E-state index contributed by atoms with van der Waals surface area (Å²) in [6.45, 7) is 0. The first kappa shape index (κ1) is 12.9. The molecule has 2 fully saturated rings. The monoisotopic (exact) mass is 284 g/mol. The molecule has 0 spiro atoms. The van der Waals surface area contributed by atoms with Gasteiger partial charge in [-0.2, -0.15) is 0 Å². The summed E-state index contributed by atoms with van der Waals surface area (Å²) in [6.07, 6.45) is 3.85. The van der Waals surface area contributed by atoms with E-state index >= 15 is 0 Å². The third kappa shape index (κ3) is 1.63. The maximum atomic E-state index is 12.3. The summed E-state index contributed by atoms with van der Waals surface area (Å²) in [7, 11) is 3.17. The van der Waals surface area contributed by atoms with Crippen LogP contribution in [0.25, 0.3) is 5.57 Å². The van der Waals surface area contributed by atoms with E-state index < -0.39 is 0 Å². The molecule has 3 nitrogen and oxygen atoms in total. The van der Waals surface area contributed by atoms with Crippen molar-refractivity contribution >= 4 is 11.5 Å². The van der Waals surface area contributed by atoms with Crippen LogP contribution in [-0.2, 0) is 9.53 Å². The third-order valence-electron chi connectivity index (χ3n) is 5.68. The molecular weight excluding hydrogens is 264 g/mol. The van der Waals surface area contributed by atoms with E-state index in [1.54, 1.807) is 7.11 Å². The number of benzene rings is 1. The minimum atomic E-state index is -0.148. The second-order valence-corrected chi connectivity index (χ2v) is 6.40. The van der Waals surface area contributed by atoms with Gasteiger partial charge in [-0.25, -0.2) is 4.79 Å². The lowest BCUT2D eigenvalue weighted by molar-refractivity contribution is -0.137. The molecule has 0 unspecified atom stereocenters. The summed E-state index contributed by atoms with van der Waals surface area (Å²) in [5.74, 6) is 3.10. The number of carbonyl (C=O) groups is 1. The van der Waals surface area contributed by atoms with E-state index in [4.69, 9.17) is 9.47 Å². The van der Waals surface area contributed by atoms with E-state index in [1.807, 2.05) is 18.2 Å². The summed E-state index contributed by atoms with van der Waals surface area (Å²) in [4.78, 5) is 12.3. The topological polar surface area (TPSA) is 35.5 Å². The van der Waals surface area contributed by atoms with Gasteiger partial charge in [0.15, 0.2) is 0 Å². The standard InChI is InChI=1S/C18H20O3/c1-20-13-6-4-3-5-12(13)16-14-10-7-8-11(9-10)15(14)17(16)18(19)21-2/h3-6,10-11,14-15H,7-9H2,1-2H3/t10-,11+,14+,15-/m0/s1. The van der Waals surface area contributed by atoms with Gasteiger partial charge in [0, 0.05) is 17.1 Å². The van der Waals surface area contributed by atoms with Gasteiger partial charge in [-0.05, 0) is 48.7 Å². The molecule has 0 heterocycles. The average Bonchev–Trinajstić information content (AvgIpc) is 3.05. The SMILES string of the molecule is COC(=O)C1=C(c2ccccc2OC)[C@@H]2[C@H]3CC[C@H](C3)[C@H]12. The van der Waals surface area contributed by atoms with Crippen LogP contribution in [0.3, 0.4) is 0 Å². The predicted octanol–water partition coefficient (Wildman–Crippen LogP) is 3.30. The smallest absolute Gasteiger partial charge is 0.334 e. The first-order chi connectivity index (χ1) is 10.3. The third-order valence-corrected chi connectivity index (χ3v) is 5.68. The zero-order valence-electron chi connectivity index (χ0n) is 12.5. The van der Waals surface area contributed by atoms with Crippen LogP contribution in [0.1, 0.15) is 24.8 Å². The van der Waals surface area contributed by atoms with Crippen molar-refractivity contribution in [3.05, 3.63) is 35.4 Å². The number of allylic oxidation sites excluding steroid dienone is 1. The molecule has 0 amide bonds. The second-order valence-electron chi connectivity index (χ2n) is 6.40. The Balaban J connectivity index is 1.85. The maximum absolute atomic E-state index is 12.3. The Morgan fingerprint density at radius 2 is 1.81 bits per heavy atom. The van der Waals surface area contributed by atoms with Crippen molar-refractivity contribution in [2.24, 2.45) is 23.7 Å². The van der Waals surface area contributed by atoms with Crippen molar-refractivity contribution in [3.63, 3.8) is 0 Å². The molecule has 2 saturated carbocycles. The van der Waals surface area contributed by atoms with Gasteiger partial charge in [-0.1, -0.05) is 18.2 Å². The number of ether oxygens (including phenoxy) is 2. The number of rotatable bonds is 3. The fourth-order valence-corrected chi connectivity index (χ4v) is 4.93. The molecule has 4 rings (SSSR count). The van der Waals surface area contributed by atoms with Crippen LogP contribution < -0.4 is 4.74 Å². The molecule has 21 heavy (non-hydrogen) atoms. The minimum Gasteiger partial charge on any atom is -0.496 e. The van der Waals surface area contributed by atoms with Crippen LogP contribution in [0.2, 0.25) is 0 Å². The molecule has 0 saturated heterocycles. The van der Waals surface area contributed by atoms with E-state index in [-0.39, 0.29) is 5.97 Å². The number of carbonyl (C=O) groups excluding carboxylic acids is 1. The molecule has 0 aromatic heterocycles. The van der Waals surface area contributed by atoms with Crippen LogP contribution in [0.4, 0.5) is 0 Å². The van der Waals surface area contributed by atoms with Crippen LogP contribution in [0.15, 0.2) is 29.8 Å². The fraction of sp³-hybridized carbons (Fsp3) is 0.500. The Morgan fingerprint density at radius 1 is 1.10 bits per heavy atom. The minimum absolute atomic E-state index is 0.148. The van der Waals surface area contributed by atoms with Gasteiger partial charge in [-0.3, -0.25) is 0 Å². The molecule has 0 aliphatic heterocycles.